The van der Waals surface area contributed by atoms with Crippen LogP contribution >= 0.6 is 0 Å². The van der Waals surface area contributed by atoms with Crippen molar-refractivity contribution in [2.45, 2.75) is 25.3 Å². The molecule has 0 aromatic heterocycles. The number of halogens is 2. The van der Waals surface area contributed by atoms with E-state index in [0.29, 0.717) is 13.0 Å². The zero-order chi connectivity index (χ0) is 15.4. The average molecular weight is 298 g/mol. The number of hydrogen-bond acceptors (Lipinski definition) is 3. The summed E-state index contributed by atoms with van der Waals surface area (Å²) in [5, 5.41) is 11.6. The Morgan fingerprint density at radius 3 is 2.71 bits per heavy atom. The number of likely N-dealkylation sites (tertiary alicyclic amines) is 1. The Labute approximate surface area is 120 Å². The number of carboxylic acids is 1. The van der Waals surface area contributed by atoms with Crippen LogP contribution in [0.2, 0.25) is 0 Å². The molecule has 114 valence electrons. The van der Waals surface area contributed by atoms with Gasteiger partial charge in [-0.1, -0.05) is 6.42 Å². The van der Waals surface area contributed by atoms with E-state index in [4.69, 9.17) is 5.11 Å². The van der Waals surface area contributed by atoms with Crippen LogP contribution in [0.25, 0.3) is 0 Å². The maximum Gasteiger partial charge on any atom is 0.320 e. The summed E-state index contributed by atoms with van der Waals surface area (Å²) in [5.74, 6) is -3.44. The van der Waals surface area contributed by atoms with Crippen LogP contribution < -0.4 is 5.32 Å². The fraction of sp³-hybridized carbons (Fsp3) is 0.429. The Hall–Kier alpha value is -2.02. The highest BCUT2D eigenvalue weighted by molar-refractivity contribution is 5.92. The van der Waals surface area contributed by atoms with Crippen molar-refractivity contribution in [3.05, 3.63) is 29.8 Å². The monoisotopic (exact) mass is 298 g/mol. The minimum Gasteiger partial charge on any atom is -0.480 e. The zero-order valence-electron chi connectivity index (χ0n) is 11.3. The lowest BCUT2D eigenvalue weighted by molar-refractivity contribution is -0.145. The maximum atomic E-state index is 13.0. The van der Waals surface area contributed by atoms with Gasteiger partial charge in [0.15, 0.2) is 11.6 Å². The van der Waals surface area contributed by atoms with Crippen molar-refractivity contribution in [2.24, 2.45) is 0 Å². The first-order valence-electron chi connectivity index (χ1n) is 6.69. The fourth-order valence-electron chi connectivity index (χ4n) is 2.42. The van der Waals surface area contributed by atoms with Crippen LogP contribution in [0.1, 0.15) is 19.3 Å². The molecule has 1 heterocycles. The molecule has 0 spiro atoms. The molecule has 2 N–H and O–H groups in total. The maximum absolute atomic E-state index is 13.0. The highest BCUT2D eigenvalue weighted by Crippen LogP contribution is 2.18. The summed E-state index contributed by atoms with van der Waals surface area (Å²) < 4.78 is 25.8. The Morgan fingerprint density at radius 1 is 1.29 bits per heavy atom. The molecule has 1 aliphatic heterocycles. The smallest absolute Gasteiger partial charge is 0.320 e. The van der Waals surface area contributed by atoms with Crippen molar-refractivity contribution in [1.82, 2.24) is 4.90 Å². The summed E-state index contributed by atoms with van der Waals surface area (Å²) in [6.07, 6.45) is 2.16. The number of piperidine rings is 1. The van der Waals surface area contributed by atoms with E-state index in [-0.39, 0.29) is 12.2 Å². The summed E-state index contributed by atoms with van der Waals surface area (Å²) in [6.45, 7) is 0.443. The lowest BCUT2D eigenvalue weighted by atomic mass is 10.0. The molecule has 0 bridgehead atoms. The number of anilines is 1. The molecule has 1 atom stereocenters. The van der Waals surface area contributed by atoms with E-state index in [2.05, 4.69) is 5.32 Å². The van der Waals surface area contributed by atoms with Crippen LogP contribution in [0.3, 0.4) is 0 Å². The molecule has 1 aromatic rings. The van der Waals surface area contributed by atoms with Gasteiger partial charge in [-0.25, -0.2) is 8.78 Å². The first kappa shape index (κ1) is 15.4. The number of carbonyl (C=O) groups excluding carboxylic acids is 1. The number of nitrogens with one attached hydrogen (secondary N) is 1. The largest absolute Gasteiger partial charge is 0.480 e. The van der Waals surface area contributed by atoms with Gasteiger partial charge < -0.3 is 10.4 Å². The summed E-state index contributed by atoms with van der Waals surface area (Å²) >= 11 is 0. The first-order valence-corrected chi connectivity index (χ1v) is 6.69. The summed E-state index contributed by atoms with van der Waals surface area (Å²) in [5.41, 5.74) is 0.141. The summed E-state index contributed by atoms with van der Waals surface area (Å²) in [7, 11) is 0. The van der Waals surface area contributed by atoms with Gasteiger partial charge in [0.05, 0.1) is 6.54 Å². The SMILES string of the molecule is O=C(CN1CCCCC1C(=O)O)Nc1ccc(F)c(F)c1. The minimum atomic E-state index is -1.05. The van der Waals surface area contributed by atoms with Crippen molar-refractivity contribution in [3.8, 4) is 0 Å². The molecule has 5 nitrogen and oxygen atoms in total. The Bertz CT molecular complexity index is 551. The molecule has 1 saturated heterocycles. The standard InChI is InChI=1S/C14H16F2N2O3/c15-10-5-4-9(7-11(10)16)17-13(19)8-18-6-2-1-3-12(18)14(20)21/h4-5,7,12H,1-3,6,8H2,(H,17,19)(H,20,21). The lowest BCUT2D eigenvalue weighted by Crippen LogP contribution is -2.47. The van der Waals surface area contributed by atoms with Gasteiger partial charge >= 0.3 is 5.97 Å². The second kappa shape index (κ2) is 6.62. The molecule has 21 heavy (non-hydrogen) atoms. The topological polar surface area (TPSA) is 69.6 Å². The Morgan fingerprint density at radius 2 is 2.05 bits per heavy atom. The third-order valence-corrected chi connectivity index (χ3v) is 3.45. The van der Waals surface area contributed by atoms with E-state index in [1.807, 2.05) is 0 Å². The average Bonchev–Trinajstić information content (AvgIpc) is 2.43. The highest BCUT2D eigenvalue weighted by Gasteiger charge is 2.29. The van der Waals surface area contributed by atoms with Crippen molar-refractivity contribution in [2.75, 3.05) is 18.4 Å². The number of benzene rings is 1. The number of hydrogen-bond donors (Lipinski definition) is 2. The van der Waals surface area contributed by atoms with Gasteiger partial charge in [-0.3, -0.25) is 14.5 Å². The van der Waals surface area contributed by atoms with Crippen LogP contribution in [-0.4, -0.2) is 41.0 Å². The zero-order valence-corrected chi connectivity index (χ0v) is 11.3. The quantitative estimate of drug-likeness (QED) is 0.890. The number of carboxylic acid groups (broad SMARTS) is 1. The van der Waals surface area contributed by atoms with Gasteiger partial charge in [0, 0.05) is 11.8 Å². The third kappa shape index (κ3) is 3.98. The van der Waals surface area contributed by atoms with E-state index in [9.17, 15) is 18.4 Å². The van der Waals surface area contributed by atoms with Crippen LogP contribution in [-0.2, 0) is 9.59 Å². The number of rotatable bonds is 4. The molecule has 1 aliphatic rings. The van der Waals surface area contributed by atoms with Gasteiger partial charge in [0.1, 0.15) is 6.04 Å². The molecular weight excluding hydrogens is 282 g/mol. The van der Waals surface area contributed by atoms with E-state index >= 15 is 0 Å². The molecule has 1 aromatic carbocycles. The molecule has 2 rings (SSSR count). The van der Waals surface area contributed by atoms with Crippen LogP contribution in [0.4, 0.5) is 14.5 Å². The minimum absolute atomic E-state index is 0.0873. The number of amides is 1. The molecule has 1 unspecified atom stereocenters. The van der Waals surface area contributed by atoms with E-state index < -0.39 is 29.6 Å². The van der Waals surface area contributed by atoms with Crippen molar-refractivity contribution in [1.29, 1.82) is 0 Å². The molecule has 0 saturated carbocycles. The predicted molar refractivity (Wildman–Crippen MR) is 71.8 cm³/mol. The van der Waals surface area contributed by atoms with Gasteiger partial charge in [-0.05, 0) is 31.5 Å². The molecule has 0 radical (unpaired) electrons. The van der Waals surface area contributed by atoms with E-state index in [1.54, 1.807) is 4.90 Å². The normalized spacial score (nSPS) is 19.2. The number of nitrogens with zero attached hydrogens (tertiary/aromatic N) is 1. The molecule has 7 heteroatoms. The van der Waals surface area contributed by atoms with Gasteiger partial charge in [0.25, 0.3) is 0 Å². The van der Waals surface area contributed by atoms with Crippen LogP contribution in [0.15, 0.2) is 18.2 Å². The van der Waals surface area contributed by atoms with E-state index in [0.717, 1.165) is 25.0 Å². The number of aliphatic carboxylic acids is 1. The van der Waals surface area contributed by atoms with Crippen LogP contribution in [0.5, 0.6) is 0 Å². The van der Waals surface area contributed by atoms with Crippen LogP contribution in [0, 0.1) is 11.6 Å². The number of carbonyl (C=O) groups is 2. The third-order valence-electron chi connectivity index (χ3n) is 3.45. The molecule has 1 amide bonds. The second-order valence-electron chi connectivity index (χ2n) is 5.00. The van der Waals surface area contributed by atoms with Crippen molar-refractivity contribution in [3.63, 3.8) is 0 Å². The van der Waals surface area contributed by atoms with Gasteiger partial charge in [-0.2, -0.15) is 0 Å². The van der Waals surface area contributed by atoms with Gasteiger partial charge in [-0.15, -0.1) is 0 Å². The lowest BCUT2D eigenvalue weighted by Gasteiger charge is -2.32. The predicted octanol–water partition coefficient (Wildman–Crippen LogP) is 1.84. The fourth-order valence-corrected chi connectivity index (χ4v) is 2.42. The van der Waals surface area contributed by atoms with Crippen molar-refractivity contribution >= 4 is 17.6 Å². The Kier molecular flexibility index (Phi) is 4.85. The first-order chi connectivity index (χ1) is 9.97. The second-order valence-corrected chi connectivity index (χ2v) is 5.00. The molecule has 1 fully saturated rings. The highest BCUT2D eigenvalue weighted by atomic mass is 19.2. The summed E-state index contributed by atoms with van der Waals surface area (Å²) in [4.78, 5) is 24.6. The summed E-state index contributed by atoms with van der Waals surface area (Å²) in [6, 6.07) is 2.39. The molecular formula is C14H16F2N2O3. The Balaban J connectivity index is 1.97. The van der Waals surface area contributed by atoms with Crippen molar-refractivity contribution < 1.29 is 23.5 Å². The van der Waals surface area contributed by atoms with Gasteiger partial charge in [0.2, 0.25) is 5.91 Å². The van der Waals surface area contributed by atoms with E-state index in [1.165, 1.54) is 6.07 Å². The molecule has 0 aliphatic carbocycles.